The fourth-order valence-corrected chi connectivity index (χ4v) is 5.79. The van der Waals surface area contributed by atoms with Crippen molar-refractivity contribution in [2.45, 2.75) is 51.1 Å². The van der Waals surface area contributed by atoms with Gasteiger partial charge in [0.05, 0.1) is 5.92 Å². The largest absolute Gasteiger partial charge is 0.341 e. The number of nitrogens with zero attached hydrogens (tertiary/aromatic N) is 3. The summed E-state index contributed by atoms with van der Waals surface area (Å²) in [6.07, 6.45) is 5.70. The Morgan fingerprint density at radius 2 is 1.96 bits per heavy atom. The van der Waals surface area contributed by atoms with E-state index in [0.717, 1.165) is 82.9 Å². The first kappa shape index (κ1) is 18.4. The van der Waals surface area contributed by atoms with Gasteiger partial charge >= 0.3 is 0 Å². The first-order chi connectivity index (χ1) is 13.7. The van der Waals surface area contributed by atoms with Gasteiger partial charge in [-0.05, 0) is 63.7 Å². The second kappa shape index (κ2) is 7.64. The number of likely N-dealkylation sites (tertiary alicyclic amines) is 2. The zero-order valence-corrected chi connectivity index (χ0v) is 16.7. The molecule has 1 amide bonds. The van der Waals surface area contributed by atoms with E-state index in [1.54, 1.807) is 0 Å². The maximum absolute atomic E-state index is 13.1. The molecule has 1 N–H and O–H groups in total. The van der Waals surface area contributed by atoms with E-state index < -0.39 is 0 Å². The van der Waals surface area contributed by atoms with Crippen LogP contribution in [0.4, 0.5) is 0 Å². The smallest absolute Gasteiger partial charge is 0.255 e. The third-order valence-electron chi connectivity index (χ3n) is 7.23. The predicted octanol–water partition coefficient (Wildman–Crippen LogP) is 1.39. The quantitative estimate of drug-likeness (QED) is 0.856. The Morgan fingerprint density at radius 3 is 2.75 bits per heavy atom. The molecular weight excluding hydrogens is 352 g/mol. The Balaban J connectivity index is 1.34. The van der Waals surface area contributed by atoms with Crippen LogP contribution in [0.1, 0.15) is 49.3 Å². The van der Waals surface area contributed by atoms with Crippen LogP contribution in [0.5, 0.6) is 0 Å². The highest BCUT2D eigenvalue weighted by atomic mass is 16.2. The number of hydrogen-bond acceptors (Lipinski definition) is 4. The van der Waals surface area contributed by atoms with Gasteiger partial charge in [-0.25, -0.2) is 0 Å². The van der Waals surface area contributed by atoms with Crippen LogP contribution in [-0.4, -0.2) is 59.5 Å². The highest BCUT2D eigenvalue weighted by Crippen LogP contribution is 2.36. The van der Waals surface area contributed by atoms with E-state index in [1.165, 1.54) is 12.8 Å². The van der Waals surface area contributed by atoms with Gasteiger partial charge in [-0.15, -0.1) is 0 Å². The number of hydrogen-bond donors (Lipinski definition) is 1. The number of amides is 1. The van der Waals surface area contributed by atoms with Gasteiger partial charge in [-0.3, -0.25) is 14.5 Å². The Labute approximate surface area is 166 Å². The average Bonchev–Trinajstić information content (AvgIpc) is 3.23. The zero-order chi connectivity index (χ0) is 19.1. The Hall–Kier alpha value is -1.66. The summed E-state index contributed by atoms with van der Waals surface area (Å²) in [6, 6.07) is 4.22. The molecule has 5 heterocycles. The van der Waals surface area contributed by atoms with Crippen molar-refractivity contribution in [3.05, 3.63) is 33.7 Å². The minimum absolute atomic E-state index is 0.137. The molecule has 4 aliphatic rings. The molecule has 1 aromatic rings. The van der Waals surface area contributed by atoms with Crippen molar-refractivity contribution in [1.82, 2.24) is 19.7 Å². The molecule has 3 atom stereocenters. The molecule has 0 saturated carbocycles. The van der Waals surface area contributed by atoms with Gasteiger partial charge in [0.25, 0.3) is 5.56 Å². The number of nitrogens with one attached hydrogen (secondary N) is 1. The minimum Gasteiger partial charge on any atom is -0.341 e. The molecule has 4 aliphatic heterocycles. The first-order valence-corrected chi connectivity index (χ1v) is 11.1. The number of aromatic nitrogens is 1. The molecule has 6 nitrogen and oxygen atoms in total. The number of carbonyl (C=O) groups excluding carboxylic acids is 1. The van der Waals surface area contributed by atoms with Crippen LogP contribution in [0.15, 0.2) is 16.9 Å². The summed E-state index contributed by atoms with van der Waals surface area (Å²) >= 11 is 0. The number of rotatable bonds is 3. The van der Waals surface area contributed by atoms with Gasteiger partial charge in [0.15, 0.2) is 0 Å². The minimum atomic E-state index is 0.137. The summed E-state index contributed by atoms with van der Waals surface area (Å²) in [4.78, 5) is 30.7. The van der Waals surface area contributed by atoms with E-state index in [9.17, 15) is 9.59 Å². The lowest BCUT2D eigenvalue weighted by Crippen LogP contribution is -2.52. The molecule has 0 radical (unpaired) electrons. The maximum atomic E-state index is 13.1. The molecular formula is C22H32N4O2. The number of piperidine rings is 2. The van der Waals surface area contributed by atoms with Gasteiger partial charge in [0, 0.05) is 49.9 Å². The lowest BCUT2D eigenvalue weighted by molar-refractivity contribution is -0.138. The summed E-state index contributed by atoms with van der Waals surface area (Å²) < 4.78 is 2.04. The Kier molecular flexibility index (Phi) is 5.01. The van der Waals surface area contributed by atoms with Crippen molar-refractivity contribution in [2.75, 3.05) is 39.3 Å². The fourth-order valence-electron chi connectivity index (χ4n) is 5.79. The van der Waals surface area contributed by atoms with Crippen molar-refractivity contribution < 1.29 is 4.79 Å². The van der Waals surface area contributed by atoms with Crippen molar-refractivity contribution in [2.24, 2.45) is 11.8 Å². The summed E-state index contributed by atoms with van der Waals surface area (Å²) in [7, 11) is 0. The SMILES string of the molecule is O=C([C@@H]1CCCNC1)N1C[C@@H]2C[C@H](C1)c1ccc(CN3CCCC3)c(=O)n1C2. The van der Waals surface area contributed by atoms with Crippen molar-refractivity contribution >= 4 is 5.91 Å². The van der Waals surface area contributed by atoms with E-state index in [0.29, 0.717) is 17.7 Å². The van der Waals surface area contributed by atoms with Crippen LogP contribution in [-0.2, 0) is 17.9 Å². The topological polar surface area (TPSA) is 57.6 Å². The van der Waals surface area contributed by atoms with Crippen LogP contribution in [0.3, 0.4) is 0 Å². The summed E-state index contributed by atoms with van der Waals surface area (Å²) in [5.41, 5.74) is 2.29. The number of pyridine rings is 1. The van der Waals surface area contributed by atoms with E-state index >= 15 is 0 Å². The van der Waals surface area contributed by atoms with Crippen molar-refractivity contribution in [3.63, 3.8) is 0 Å². The van der Waals surface area contributed by atoms with Gasteiger partial charge in [-0.2, -0.15) is 0 Å². The van der Waals surface area contributed by atoms with E-state index in [1.807, 2.05) is 4.57 Å². The van der Waals surface area contributed by atoms with Crippen LogP contribution >= 0.6 is 0 Å². The van der Waals surface area contributed by atoms with Crippen LogP contribution in [0, 0.1) is 11.8 Å². The summed E-state index contributed by atoms with van der Waals surface area (Å²) in [5.74, 6) is 1.17. The highest BCUT2D eigenvalue weighted by Gasteiger charge is 2.38. The second-order valence-corrected chi connectivity index (χ2v) is 9.27. The van der Waals surface area contributed by atoms with E-state index in [4.69, 9.17) is 0 Å². The van der Waals surface area contributed by atoms with Crippen LogP contribution in [0.25, 0.3) is 0 Å². The van der Waals surface area contributed by atoms with Crippen LogP contribution < -0.4 is 10.9 Å². The normalized spacial score (nSPS) is 30.3. The molecule has 2 bridgehead atoms. The molecule has 28 heavy (non-hydrogen) atoms. The molecule has 6 heteroatoms. The van der Waals surface area contributed by atoms with Crippen LogP contribution in [0.2, 0.25) is 0 Å². The molecule has 152 valence electrons. The third kappa shape index (κ3) is 3.41. The van der Waals surface area contributed by atoms with E-state index in [-0.39, 0.29) is 11.5 Å². The summed E-state index contributed by atoms with van der Waals surface area (Å²) in [5, 5.41) is 3.37. The molecule has 0 aliphatic carbocycles. The van der Waals surface area contributed by atoms with Gasteiger partial charge < -0.3 is 14.8 Å². The van der Waals surface area contributed by atoms with Crippen molar-refractivity contribution in [3.8, 4) is 0 Å². The van der Waals surface area contributed by atoms with Gasteiger partial charge in [-0.1, -0.05) is 6.07 Å². The fraction of sp³-hybridized carbons (Fsp3) is 0.727. The lowest BCUT2D eigenvalue weighted by Gasteiger charge is -2.44. The highest BCUT2D eigenvalue weighted by molar-refractivity contribution is 5.79. The number of fused-ring (bicyclic) bond motifs is 4. The molecule has 3 fully saturated rings. The number of carbonyl (C=O) groups is 1. The monoisotopic (exact) mass is 384 g/mol. The predicted molar refractivity (Wildman–Crippen MR) is 108 cm³/mol. The molecule has 3 saturated heterocycles. The molecule has 0 unspecified atom stereocenters. The Morgan fingerprint density at radius 1 is 1.11 bits per heavy atom. The standard InChI is InChI=1S/C22H32N4O2/c27-21(17-4-3-7-23-11-17)25-12-16-10-19(15-25)20-6-5-18(22(28)26(20)13-16)14-24-8-1-2-9-24/h5-6,16-17,19,23H,1-4,7-15H2/t16-,17+,19+/m0/s1. The van der Waals surface area contributed by atoms with Crippen molar-refractivity contribution in [1.29, 1.82) is 0 Å². The zero-order valence-electron chi connectivity index (χ0n) is 16.7. The average molecular weight is 385 g/mol. The Bertz CT molecular complexity index is 792. The summed E-state index contributed by atoms with van der Waals surface area (Å²) in [6.45, 7) is 7.22. The third-order valence-corrected chi connectivity index (χ3v) is 7.23. The molecule has 1 aromatic heterocycles. The second-order valence-electron chi connectivity index (χ2n) is 9.27. The van der Waals surface area contributed by atoms with Gasteiger partial charge in [0.1, 0.15) is 0 Å². The first-order valence-electron chi connectivity index (χ1n) is 11.1. The maximum Gasteiger partial charge on any atom is 0.255 e. The van der Waals surface area contributed by atoms with Gasteiger partial charge in [0.2, 0.25) is 5.91 Å². The lowest BCUT2D eigenvalue weighted by atomic mass is 9.82. The molecule has 0 aromatic carbocycles. The molecule has 5 rings (SSSR count). The molecule has 0 spiro atoms. The van der Waals surface area contributed by atoms with E-state index in [2.05, 4.69) is 27.2 Å².